The van der Waals surface area contributed by atoms with E-state index in [9.17, 15) is 9.59 Å². The average molecular weight is 255 g/mol. The Hall–Kier alpha value is -1.10. The highest BCUT2D eigenvalue weighted by Gasteiger charge is 2.32. The lowest BCUT2D eigenvalue weighted by Gasteiger charge is -2.37. The van der Waals surface area contributed by atoms with Crippen molar-refractivity contribution in [3.8, 4) is 0 Å². The maximum atomic E-state index is 12.2. The normalized spacial score (nSPS) is 17.7. The number of hydrogen-bond donors (Lipinski definition) is 2. The van der Waals surface area contributed by atoms with Crippen LogP contribution in [0.2, 0.25) is 0 Å². The fourth-order valence-electron chi connectivity index (χ4n) is 2.06. The SMILES string of the molecule is CCC(=O)NC1CCN(C(=O)C(C)(C)NC)CC1. The van der Waals surface area contributed by atoms with Crippen LogP contribution in [0.4, 0.5) is 0 Å². The van der Waals surface area contributed by atoms with E-state index in [1.807, 2.05) is 25.7 Å². The molecular formula is C13H25N3O2. The third-order valence-corrected chi connectivity index (χ3v) is 3.63. The van der Waals surface area contributed by atoms with E-state index in [4.69, 9.17) is 0 Å². The van der Waals surface area contributed by atoms with Crippen molar-refractivity contribution < 1.29 is 9.59 Å². The number of nitrogens with zero attached hydrogens (tertiary/aromatic N) is 1. The van der Waals surface area contributed by atoms with Crippen LogP contribution in [0.5, 0.6) is 0 Å². The van der Waals surface area contributed by atoms with Gasteiger partial charge < -0.3 is 15.5 Å². The van der Waals surface area contributed by atoms with Crippen molar-refractivity contribution >= 4 is 11.8 Å². The van der Waals surface area contributed by atoms with Gasteiger partial charge in [-0.05, 0) is 33.7 Å². The summed E-state index contributed by atoms with van der Waals surface area (Å²) in [5, 5.41) is 6.02. The second-order valence-electron chi connectivity index (χ2n) is 5.36. The van der Waals surface area contributed by atoms with Crippen molar-refractivity contribution in [3.63, 3.8) is 0 Å². The Morgan fingerprint density at radius 1 is 1.28 bits per heavy atom. The van der Waals surface area contributed by atoms with Crippen molar-refractivity contribution in [2.24, 2.45) is 0 Å². The predicted octanol–water partition coefficient (Wildman–Crippen LogP) is 0.502. The molecule has 1 saturated heterocycles. The van der Waals surface area contributed by atoms with E-state index in [0.29, 0.717) is 6.42 Å². The molecule has 0 aromatic rings. The average Bonchev–Trinajstić information content (AvgIpc) is 2.38. The highest BCUT2D eigenvalue weighted by Crippen LogP contribution is 2.15. The van der Waals surface area contributed by atoms with Crippen LogP contribution in [-0.4, -0.2) is 48.4 Å². The topological polar surface area (TPSA) is 61.4 Å². The molecule has 104 valence electrons. The Bertz CT molecular complexity index is 307. The summed E-state index contributed by atoms with van der Waals surface area (Å²) in [4.78, 5) is 25.4. The molecule has 0 radical (unpaired) electrons. The zero-order chi connectivity index (χ0) is 13.8. The highest BCUT2D eigenvalue weighted by molar-refractivity contribution is 5.85. The van der Waals surface area contributed by atoms with Crippen molar-refractivity contribution in [3.05, 3.63) is 0 Å². The quantitative estimate of drug-likeness (QED) is 0.769. The second-order valence-corrected chi connectivity index (χ2v) is 5.36. The van der Waals surface area contributed by atoms with Crippen molar-refractivity contribution in [1.29, 1.82) is 0 Å². The fourth-order valence-corrected chi connectivity index (χ4v) is 2.06. The number of piperidine rings is 1. The molecule has 1 heterocycles. The summed E-state index contributed by atoms with van der Waals surface area (Å²) >= 11 is 0. The number of carbonyl (C=O) groups is 2. The molecule has 5 nitrogen and oxygen atoms in total. The molecule has 1 rings (SSSR count). The standard InChI is InChI=1S/C13H25N3O2/c1-5-11(17)15-10-6-8-16(9-7-10)12(18)13(2,3)14-4/h10,14H,5-9H2,1-4H3,(H,15,17). The van der Waals surface area contributed by atoms with E-state index in [0.717, 1.165) is 25.9 Å². The minimum atomic E-state index is -0.514. The van der Waals surface area contributed by atoms with Crippen LogP contribution >= 0.6 is 0 Å². The lowest BCUT2D eigenvalue weighted by molar-refractivity contribution is -0.138. The number of carbonyl (C=O) groups excluding carboxylic acids is 2. The van der Waals surface area contributed by atoms with E-state index in [2.05, 4.69) is 10.6 Å². The van der Waals surface area contributed by atoms with E-state index in [1.54, 1.807) is 7.05 Å². The number of amides is 2. The van der Waals surface area contributed by atoms with Crippen LogP contribution < -0.4 is 10.6 Å². The maximum absolute atomic E-state index is 12.2. The molecule has 1 fully saturated rings. The van der Waals surface area contributed by atoms with E-state index >= 15 is 0 Å². The van der Waals surface area contributed by atoms with Gasteiger partial charge in [0.2, 0.25) is 11.8 Å². The van der Waals surface area contributed by atoms with Crippen LogP contribution in [0.3, 0.4) is 0 Å². The lowest BCUT2D eigenvalue weighted by atomic mass is 9.99. The molecule has 0 saturated carbocycles. The molecule has 1 aliphatic rings. The third-order valence-electron chi connectivity index (χ3n) is 3.63. The summed E-state index contributed by atoms with van der Waals surface area (Å²) in [5.41, 5.74) is -0.514. The molecule has 0 aliphatic carbocycles. The van der Waals surface area contributed by atoms with E-state index < -0.39 is 5.54 Å². The first-order chi connectivity index (χ1) is 8.40. The highest BCUT2D eigenvalue weighted by atomic mass is 16.2. The molecule has 2 amide bonds. The Morgan fingerprint density at radius 3 is 2.28 bits per heavy atom. The zero-order valence-corrected chi connectivity index (χ0v) is 11.9. The number of likely N-dealkylation sites (tertiary alicyclic amines) is 1. The molecule has 0 bridgehead atoms. The Kier molecular flexibility index (Phi) is 5.14. The molecule has 0 aromatic carbocycles. The predicted molar refractivity (Wildman–Crippen MR) is 71.2 cm³/mol. The van der Waals surface area contributed by atoms with Gasteiger partial charge >= 0.3 is 0 Å². The molecule has 0 atom stereocenters. The molecule has 0 aromatic heterocycles. The van der Waals surface area contributed by atoms with Gasteiger partial charge in [-0.1, -0.05) is 6.92 Å². The lowest BCUT2D eigenvalue weighted by Crippen LogP contribution is -2.56. The number of hydrogen-bond acceptors (Lipinski definition) is 3. The zero-order valence-electron chi connectivity index (χ0n) is 11.9. The summed E-state index contributed by atoms with van der Waals surface area (Å²) in [5.74, 6) is 0.223. The first-order valence-corrected chi connectivity index (χ1v) is 6.68. The van der Waals surface area contributed by atoms with Gasteiger partial charge in [0.1, 0.15) is 0 Å². The fraction of sp³-hybridized carbons (Fsp3) is 0.846. The summed E-state index contributed by atoms with van der Waals surface area (Å²) in [6.45, 7) is 7.07. The molecule has 1 aliphatic heterocycles. The summed E-state index contributed by atoms with van der Waals surface area (Å²) < 4.78 is 0. The van der Waals surface area contributed by atoms with Crippen LogP contribution in [-0.2, 0) is 9.59 Å². The summed E-state index contributed by atoms with van der Waals surface area (Å²) in [6, 6.07) is 0.221. The van der Waals surface area contributed by atoms with Crippen LogP contribution in [0.25, 0.3) is 0 Å². The van der Waals surface area contributed by atoms with Gasteiger partial charge in [0, 0.05) is 25.6 Å². The molecule has 0 spiro atoms. The first kappa shape index (κ1) is 15.0. The van der Waals surface area contributed by atoms with Crippen LogP contribution in [0, 0.1) is 0 Å². The van der Waals surface area contributed by atoms with Gasteiger partial charge in [-0.3, -0.25) is 9.59 Å². The van der Waals surface area contributed by atoms with Gasteiger partial charge in [0.05, 0.1) is 5.54 Å². The molecular weight excluding hydrogens is 230 g/mol. The minimum Gasteiger partial charge on any atom is -0.353 e. The minimum absolute atomic E-state index is 0.0929. The van der Waals surface area contributed by atoms with Gasteiger partial charge in [0.25, 0.3) is 0 Å². The number of likely N-dealkylation sites (N-methyl/N-ethyl adjacent to an activating group) is 1. The first-order valence-electron chi connectivity index (χ1n) is 6.68. The van der Waals surface area contributed by atoms with Gasteiger partial charge in [-0.15, -0.1) is 0 Å². The molecule has 2 N–H and O–H groups in total. The van der Waals surface area contributed by atoms with Crippen LogP contribution in [0.1, 0.15) is 40.0 Å². The van der Waals surface area contributed by atoms with Gasteiger partial charge in [0.15, 0.2) is 0 Å². The van der Waals surface area contributed by atoms with Crippen molar-refractivity contribution in [2.75, 3.05) is 20.1 Å². The number of rotatable bonds is 4. The third kappa shape index (κ3) is 3.70. The van der Waals surface area contributed by atoms with Crippen molar-refractivity contribution in [1.82, 2.24) is 15.5 Å². The Balaban J connectivity index is 2.44. The smallest absolute Gasteiger partial charge is 0.242 e. The second kappa shape index (κ2) is 6.18. The van der Waals surface area contributed by atoms with Gasteiger partial charge in [-0.25, -0.2) is 0 Å². The molecule has 18 heavy (non-hydrogen) atoms. The summed E-state index contributed by atoms with van der Waals surface area (Å²) in [6.07, 6.45) is 2.21. The Morgan fingerprint density at radius 2 is 1.83 bits per heavy atom. The van der Waals surface area contributed by atoms with E-state index in [-0.39, 0.29) is 17.9 Å². The van der Waals surface area contributed by atoms with Gasteiger partial charge in [-0.2, -0.15) is 0 Å². The largest absolute Gasteiger partial charge is 0.353 e. The van der Waals surface area contributed by atoms with E-state index in [1.165, 1.54) is 0 Å². The number of nitrogens with one attached hydrogen (secondary N) is 2. The maximum Gasteiger partial charge on any atom is 0.242 e. The molecule has 0 unspecified atom stereocenters. The monoisotopic (exact) mass is 255 g/mol. The van der Waals surface area contributed by atoms with Crippen LogP contribution in [0.15, 0.2) is 0 Å². The van der Waals surface area contributed by atoms with Crippen molar-refractivity contribution in [2.45, 2.75) is 51.6 Å². The Labute approximate surface area is 109 Å². The molecule has 5 heteroatoms. The summed E-state index contributed by atoms with van der Waals surface area (Å²) in [7, 11) is 1.80.